The fraction of sp³-hybridized carbons (Fsp3) is 0.417. The van der Waals surface area contributed by atoms with Crippen LogP contribution in [-0.2, 0) is 0 Å². The number of pyridine rings is 1. The molecule has 0 aromatic carbocycles. The smallest absolute Gasteiger partial charge is 0.142 e. The van der Waals surface area contributed by atoms with Crippen molar-refractivity contribution >= 4 is 16.7 Å². The zero-order valence-corrected chi connectivity index (χ0v) is 9.27. The van der Waals surface area contributed by atoms with Gasteiger partial charge in [-0.1, -0.05) is 13.8 Å². The van der Waals surface area contributed by atoms with Crippen molar-refractivity contribution in [3.8, 4) is 0 Å². The van der Waals surface area contributed by atoms with Crippen LogP contribution in [-0.4, -0.2) is 9.55 Å². The van der Waals surface area contributed by atoms with Crippen LogP contribution in [0.2, 0.25) is 0 Å². The van der Waals surface area contributed by atoms with Gasteiger partial charge in [0.2, 0.25) is 0 Å². The van der Waals surface area contributed by atoms with E-state index in [0.717, 1.165) is 29.6 Å². The van der Waals surface area contributed by atoms with Crippen LogP contribution in [0.25, 0.3) is 11.0 Å². The van der Waals surface area contributed by atoms with E-state index in [2.05, 4.69) is 35.7 Å². The summed E-state index contributed by atoms with van der Waals surface area (Å²) in [4.78, 5) is 4.40. The molecule has 0 unspecified atom stereocenters. The van der Waals surface area contributed by atoms with Gasteiger partial charge in [0.15, 0.2) is 0 Å². The van der Waals surface area contributed by atoms with Gasteiger partial charge in [0, 0.05) is 29.5 Å². The van der Waals surface area contributed by atoms with Crippen LogP contribution in [0.1, 0.15) is 32.7 Å². The van der Waals surface area contributed by atoms with Crippen LogP contribution in [0.5, 0.6) is 0 Å². The Labute approximate surface area is 89.9 Å². The maximum absolute atomic E-state index is 5.90. The second-order valence-electron chi connectivity index (χ2n) is 3.83. The lowest BCUT2D eigenvalue weighted by Gasteiger charge is -2.15. The first-order chi connectivity index (χ1) is 7.27. The highest BCUT2D eigenvalue weighted by Gasteiger charge is 2.10. The van der Waals surface area contributed by atoms with E-state index in [1.54, 1.807) is 6.20 Å². The molecule has 0 spiro atoms. The summed E-state index contributed by atoms with van der Waals surface area (Å²) >= 11 is 0. The lowest BCUT2D eigenvalue weighted by Crippen LogP contribution is -2.06. The summed E-state index contributed by atoms with van der Waals surface area (Å²) < 4.78 is 2.23. The number of nitrogen functional groups attached to an aromatic ring is 1. The Hall–Kier alpha value is -1.51. The Bertz CT molecular complexity index is 455. The fourth-order valence-electron chi connectivity index (χ4n) is 2.06. The molecular weight excluding hydrogens is 186 g/mol. The van der Waals surface area contributed by atoms with Crippen molar-refractivity contribution in [1.82, 2.24) is 9.55 Å². The van der Waals surface area contributed by atoms with Gasteiger partial charge in [-0.15, -0.1) is 0 Å². The minimum absolute atomic E-state index is 0.525. The molecule has 3 heteroatoms. The summed E-state index contributed by atoms with van der Waals surface area (Å²) in [5, 5.41) is 1.06. The van der Waals surface area contributed by atoms with Crippen molar-refractivity contribution in [2.45, 2.75) is 32.7 Å². The van der Waals surface area contributed by atoms with E-state index in [1.165, 1.54) is 0 Å². The molecule has 15 heavy (non-hydrogen) atoms. The van der Waals surface area contributed by atoms with E-state index >= 15 is 0 Å². The summed E-state index contributed by atoms with van der Waals surface area (Å²) in [5.74, 6) is 0. The Kier molecular flexibility index (Phi) is 2.62. The highest BCUT2D eigenvalue weighted by atomic mass is 15.1. The van der Waals surface area contributed by atoms with Gasteiger partial charge in [0.1, 0.15) is 5.65 Å². The normalized spacial score (nSPS) is 11.4. The quantitative estimate of drug-likeness (QED) is 0.833. The van der Waals surface area contributed by atoms with E-state index < -0.39 is 0 Å². The molecule has 0 bridgehead atoms. The number of fused-ring (bicyclic) bond motifs is 1. The molecule has 2 aromatic rings. The number of nitrogens with two attached hydrogens (primary N) is 1. The maximum Gasteiger partial charge on any atom is 0.142 e. The third kappa shape index (κ3) is 1.58. The van der Waals surface area contributed by atoms with Gasteiger partial charge in [-0.2, -0.15) is 0 Å². The SMILES string of the molecule is CCC(CC)n1ccc2c(N)ccnc21. The summed E-state index contributed by atoms with van der Waals surface area (Å²) in [6.45, 7) is 4.40. The van der Waals surface area contributed by atoms with Gasteiger partial charge >= 0.3 is 0 Å². The fourth-order valence-corrected chi connectivity index (χ4v) is 2.06. The van der Waals surface area contributed by atoms with Crippen LogP contribution in [0.4, 0.5) is 5.69 Å². The molecule has 2 aromatic heterocycles. The lowest BCUT2D eigenvalue weighted by molar-refractivity contribution is 0.483. The maximum atomic E-state index is 5.90. The largest absolute Gasteiger partial charge is 0.398 e. The summed E-state index contributed by atoms with van der Waals surface area (Å²) in [6, 6.07) is 4.42. The predicted molar refractivity (Wildman–Crippen MR) is 63.8 cm³/mol. The van der Waals surface area contributed by atoms with Crippen molar-refractivity contribution in [3.63, 3.8) is 0 Å². The van der Waals surface area contributed by atoms with Crippen molar-refractivity contribution in [1.29, 1.82) is 0 Å². The minimum Gasteiger partial charge on any atom is -0.398 e. The molecule has 2 heterocycles. The summed E-state index contributed by atoms with van der Waals surface area (Å²) in [7, 11) is 0. The molecule has 0 fully saturated rings. The first-order valence-corrected chi connectivity index (χ1v) is 5.49. The molecule has 0 amide bonds. The molecule has 0 aliphatic rings. The van der Waals surface area contributed by atoms with Crippen molar-refractivity contribution in [2.24, 2.45) is 0 Å². The standard InChI is InChI=1S/C12H17N3/c1-3-9(4-2)15-8-6-10-11(13)5-7-14-12(10)15/h5-9H,3-4H2,1-2H3,(H2,13,14). The number of nitrogens with zero attached hydrogens (tertiary/aromatic N) is 2. The zero-order valence-electron chi connectivity index (χ0n) is 9.27. The third-order valence-corrected chi connectivity index (χ3v) is 2.99. The Balaban J connectivity index is 2.58. The second-order valence-corrected chi connectivity index (χ2v) is 3.83. The molecule has 0 saturated heterocycles. The van der Waals surface area contributed by atoms with E-state index in [1.807, 2.05) is 6.07 Å². The topological polar surface area (TPSA) is 43.8 Å². The Morgan fingerprint density at radius 2 is 2.07 bits per heavy atom. The number of aromatic nitrogens is 2. The average molecular weight is 203 g/mol. The highest BCUT2D eigenvalue weighted by Crippen LogP contribution is 2.25. The molecule has 80 valence electrons. The van der Waals surface area contributed by atoms with E-state index in [4.69, 9.17) is 5.73 Å². The molecule has 2 rings (SSSR count). The van der Waals surface area contributed by atoms with Crippen molar-refractivity contribution < 1.29 is 0 Å². The summed E-state index contributed by atoms with van der Waals surface area (Å²) in [6.07, 6.45) is 6.11. The first kappa shape index (κ1) is 10.0. The number of hydrogen-bond acceptors (Lipinski definition) is 2. The van der Waals surface area contributed by atoms with E-state index in [0.29, 0.717) is 6.04 Å². The van der Waals surface area contributed by atoms with Gasteiger partial charge in [-0.05, 0) is 25.0 Å². The van der Waals surface area contributed by atoms with Crippen LogP contribution < -0.4 is 5.73 Å². The molecule has 0 aliphatic heterocycles. The highest BCUT2D eigenvalue weighted by molar-refractivity contribution is 5.88. The first-order valence-electron chi connectivity index (χ1n) is 5.49. The Morgan fingerprint density at radius 3 is 2.73 bits per heavy atom. The second kappa shape index (κ2) is 3.93. The molecule has 0 saturated carbocycles. The third-order valence-electron chi connectivity index (χ3n) is 2.99. The molecule has 0 radical (unpaired) electrons. The van der Waals surface area contributed by atoms with Crippen LogP contribution in [0.3, 0.4) is 0 Å². The monoisotopic (exact) mass is 203 g/mol. The molecule has 2 N–H and O–H groups in total. The van der Waals surface area contributed by atoms with Crippen molar-refractivity contribution in [3.05, 3.63) is 24.5 Å². The van der Waals surface area contributed by atoms with Crippen LogP contribution in [0.15, 0.2) is 24.5 Å². The van der Waals surface area contributed by atoms with Crippen LogP contribution in [0, 0.1) is 0 Å². The van der Waals surface area contributed by atoms with Gasteiger partial charge in [0.25, 0.3) is 0 Å². The summed E-state index contributed by atoms with van der Waals surface area (Å²) in [5.41, 5.74) is 7.71. The zero-order chi connectivity index (χ0) is 10.8. The number of rotatable bonds is 3. The Morgan fingerprint density at radius 1 is 1.33 bits per heavy atom. The molecule has 0 atom stereocenters. The molecular formula is C12H17N3. The molecule has 0 aliphatic carbocycles. The van der Waals surface area contributed by atoms with Gasteiger partial charge in [-0.25, -0.2) is 4.98 Å². The van der Waals surface area contributed by atoms with Crippen LogP contribution >= 0.6 is 0 Å². The minimum atomic E-state index is 0.525. The van der Waals surface area contributed by atoms with Gasteiger partial charge < -0.3 is 10.3 Å². The van der Waals surface area contributed by atoms with E-state index in [9.17, 15) is 0 Å². The predicted octanol–water partition coefficient (Wildman–Crippen LogP) is 2.98. The average Bonchev–Trinajstić information content (AvgIpc) is 2.66. The number of anilines is 1. The molecule has 3 nitrogen and oxygen atoms in total. The van der Waals surface area contributed by atoms with Gasteiger partial charge in [-0.3, -0.25) is 0 Å². The van der Waals surface area contributed by atoms with E-state index in [-0.39, 0.29) is 0 Å². The number of hydrogen-bond donors (Lipinski definition) is 1. The van der Waals surface area contributed by atoms with Crippen molar-refractivity contribution in [2.75, 3.05) is 5.73 Å². The lowest BCUT2D eigenvalue weighted by atomic mass is 10.2. The van der Waals surface area contributed by atoms with Gasteiger partial charge in [0.05, 0.1) is 0 Å².